The molecule has 5 nitrogen and oxygen atoms in total. The van der Waals surface area contributed by atoms with Crippen molar-refractivity contribution < 1.29 is 19.4 Å². The van der Waals surface area contributed by atoms with E-state index in [1.165, 1.54) is 0 Å². The maximum absolute atomic E-state index is 13.1. The van der Waals surface area contributed by atoms with Gasteiger partial charge in [-0.3, -0.25) is 9.59 Å². The van der Waals surface area contributed by atoms with Crippen molar-refractivity contribution >= 4 is 11.9 Å². The number of aliphatic carboxylic acids is 1. The molecule has 5 atom stereocenters. The summed E-state index contributed by atoms with van der Waals surface area (Å²) < 4.78 is 6.06. The molecule has 1 aromatic carbocycles. The monoisotopic (exact) mass is 325 g/mol. The topological polar surface area (TPSA) is 66.8 Å². The summed E-state index contributed by atoms with van der Waals surface area (Å²) >= 11 is 0. The van der Waals surface area contributed by atoms with Gasteiger partial charge in [0.2, 0.25) is 5.91 Å². The van der Waals surface area contributed by atoms with Crippen molar-refractivity contribution in [2.45, 2.75) is 30.7 Å². The average molecular weight is 325 g/mol. The second kappa shape index (κ2) is 5.31. The highest BCUT2D eigenvalue weighted by Crippen LogP contribution is 2.55. The molecule has 2 saturated heterocycles. The predicted molar refractivity (Wildman–Crippen MR) is 87.0 cm³/mol. The first-order valence-corrected chi connectivity index (χ1v) is 8.14. The highest BCUT2D eigenvalue weighted by Gasteiger charge is 2.70. The molecule has 24 heavy (non-hydrogen) atoms. The van der Waals surface area contributed by atoms with Gasteiger partial charge in [0.05, 0.1) is 18.1 Å². The van der Waals surface area contributed by atoms with Crippen molar-refractivity contribution in [3.05, 3.63) is 60.7 Å². The fourth-order valence-electron chi connectivity index (χ4n) is 4.44. The van der Waals surface area contributed by atoms with Crippen LogP contribution >= 0.6 is 0 Å². The number of carbonyl (C=O) groups is 2. The molecule has 0 aliphatic carbocycles. The Hall–Kier alpha value is -2.40. The van der Waals surface area contributed by atoms with Crippen LogP contribution in [0.5, 0.6) is 0 Å². The fraction of sp³-hybridized carbons (Fsp3) is 0.368. The quantitative estimate of drug-likeness (QED) is 0.841. The van der Waals surface area contributed by atoms with Crippen molar-refractivity contribution in [3.8, 4) is 0 Å². The van der Waals surface area contributed by atoms with Gasteiger partial charge >= 0.3 is 5.97 Å². The van der Waals surface area contributed by atoms with Crippen LogP contribution in [0.15, 0.2) is 55.1 Å². The van der Waals surface area contributed by atoms with Gasteiger partial charge in [0, 0.05) is 6.54 Å². The largest absolute Gasteiger partial charge is 0.481 e. The van der Waals surface area contributed by atoms with Gasteiger partial charge in [0.15, 0.2) is 0 Å². The lowest BCUT2D eigenvalue weighted by molar-refractivity contribution is -0.148. The van der Waals surface area contributed by atoms with E-state index >= 15 is 0 Å². The van der Waals surface area contributed by atoms with Gasteiger partial charge in [-0.05, 0) is 12.0 Å². The normalized spacial score (nSPS) is 36.2. The van der Waals surface area contributed by atoms with Crippen LogP contribution in [0.25, 0.3) is 0 Å². The van der Waals surface area contributed by atoms with Crippen LogP contribution in [0.1, 0.15) is 12.0 Å². The Morgan fingerprint density at radius 1 is 1.38 bits per heavy atom. The highest BCUT2D eigenvalue weighted by molar-refractivity contribution is 5.91. The van der Waals surface area contributed by atoms with Crippen LogP contribution in [0.3, 0.4) is 0 Å². The number of hydrogen-bond acceptors (Lipinski definition) is 3. The number of amides is 1. The summed E-state index contributed by atoms with van der Waals surface area (Å²) in [4.78, 5) is 26.6. The molecule has 3 aliphatic rings. The molecule has 2 fully saturated rings. The van der Waals surface area contributed by atoms with Crippen LogP contribution in [0.4, 0.5) is 0 Å². The summed E-state index contributed by atoms with van der Waals surface area (Å²) in [5.41, 5.74) is 0.176. The van der Waals surface area contributed by atoms with Gasteiger partial charge < -0.3 is 14.7 Å². The van der Waals surface area contributed by atoms with Gasteiger partial charge in [-0.15, -0.1) is 6.58 Å². The number of likely N-dealkylation sites (tertiary alicyclic amines) is 1. The zero-order chi connectivity index (χ0) is 16.9. The van der Waals surface area contributed by atoms with Crippen LogP contribution in [0, 0.1) is 11.8 Å². The average Bonchev–Trinajstić information content (AvgIpc) is 3.20. The molecule has 3 heterocycles. The van der Waals surface area contributed by atoms with Crippen molar-refractivity contribution in [3.63, 3.8) is 0 Å². The highest BCUT2D eigenvalue weighted by atomic mass is 16.5. The molecule has 124 valence electrons. The minimum absolute atomic E-state index is 0.134. The number of carbonyl (C=O) groups excluding carboxylic acids is 1. The third-order valence-electron chi connectivity index (χ3n) is 5.40. The predicted octanol–water partition coefficient (Wildman–Crippen LogP) is 2.00. The molecule has 1 spiro atoms. The number of carboxylic acid groups (broad SMARTS) is 1. The molecule has 4 rings (SSSR count). The first-order chi connectivity index (χ1) is 11.6. The standard InChI is InChI=1S/C19H19NO4/c1-2-6-14-19-10-9-13(24-19)15(18(22)23)16(19)17(21)20(14)11-12-7-4-3-5-8-12/h2-5,7-10,13-16H,1,6,11H2,(H,22,23)/t13-,14+,15-,16-,19-/m0/s1. The molecule has 1 N–H and O–H groups in total. The Kier molecular flexibility index (Phi) is 3.35. The van der Waals surface area contributed by atoms with Crippen molar-refractivity contribution in [1.82, 2.24) is 4.90 Å². The third kappa shape index (κ3) is 1.91. The van der Waals surface area contributed by atoms with Crippen molar-refractivity contribution in [2.75, 3.05) is 0 Å². The molecule has 3 aliphatic heterocycles. The van der Waals surface area contributed by atoms with E-state index in [9.17, 15) is 14.7 Å². The van der Waals surface area contributed by atoms with Gasteiger partial charge in [-0.1, -0.05) is 48.6 Å². The number of nitrogens with zero attached hydrogens (tertiary/aromatic N) is 1. The summed E-state index contributed by atoms with van der Waals surface area (Å²) in [7, 11) is 0. The third-order valence-corrected chi connectivity index (χ3v) is 5.40. The van der Waals surface area contributed by atoms with Crippen molar-refractivity contribution in [2.24, 2.45) is 11.8 Å². The summed E-state index contributed by atoms with van der Waals surface area (Å²) in [5, 5.41) is 9.58. The van der Waals surface area contributed by atoms with Crippen LogP contribution in [0.2, 0.25) is 0 Å². The summed E-state index contributed by atoms with van der Waals surface area (Å²) in [6.45, 7) is 4.25. The maximum Gasteiger partial charge on any atom is 0.310 e. The number of carboxylic acids is 1. The van der Waals surface area contributed by atoms with E-state index < -0.39 is 29.5 Å². The number of fused-ring (bicyclic) bond motifs is 1. The van der Waals surface area contributed by atoms with E-state index in [4.69, 9.17) is 4.74 Å². The zero-order valence-electron chi connectivity index (χ0n) is 13.2. The number of hydrogen-bond donors (Lipinski definition) is 1. The molecule has 0 saturated carbocycles. The molecule has 2 bridgehead atoms. The number of ether oxygens (including phenoxy) is 1. The lowest BCUT2D eigenvalue weighted by Gasteiger charge is -2.32. The summed E-state index contributed by atoms with van der Waals surface area (Å²) in [6, 6.07) is 9.50. The van der Waals surface area contributed by atoms with Gasteiger partial charge in [-0.2, -0.15) is 0 Å². The molecule has 0 aromatic heterocycles. The van der Waals surface area contributed by atoms with E-state index in [1.54, 1.807) is 17.1 Å². The molecule has 1 amide bonds. The number of rotatable bonds is 5. The number of benzene rings is 1. The van der Waals surface area contributed by atoms with Gasteiger partial charge in [-0.25, -0.2) is 0 Å². The molecular formula is C19H19NO4. The van der Waals surface area contributed by atoms with Crippen LogP contribution in [-0.4, -0.2) is 39.6 Å². The van der Waals surface area contributed by atoms with E-state index in [-0.39, 0.29) is 11.9 Å². The first-order valence-electron chi connectivity index (χ1n) is 8.14. The minimum Gasteiger partial charge on any atom is -0.481 e. The van der Waals surface area contributed by atoms with E-state index in [1.807, 2.05) is 36.4 Å². The van der Waals surface area contributed by atoms with E-state index in [0.717, 1.165) is 5.56 Å². The van der Waals surface area contributed by atoms with Gasteiger partial charge in [0.25, 0.3) is 0 Å². The first kappa shape index (κ1) is 15.1. The second-order valence-corrected chi connectivity index (χ2v) is 6.63. The SMILES string of the molecule is C=CC[C@H]1N(Cc2ccccc2)C(=O)[C@@H]2[C@@H](C(=O)O)[C@@H]3C=C[C@@]21O3. The van der Waals surface area contributed by atoms with Crippen LogP contribution in [-0.2, 0) is 20.9 Å². The van der Waals surface area contributed by atoms with E-state index in [2.05, 4.69) is 6.58 Å². The minimum atomic E-state index is -0.969. The Bertz CT molecular complexity index is 728. The lowest BCUT2D eigenvalue weighted by Crippen LogP contribution is -2.44. The van der Waals surface area contributed by atoms with Gasteiger partial charge in [0.1, 0.15) is 11.5 Å². The smallest absolute Gasteiger partial charge is 0.310 e. The molecule has 1 aromatic rings. The Morgan fingerprint density at radius 3 is 2.79 bits per heavy atom. The Morgan fingerprint density at radius 2 is 2.12 bits per heavy atom. The summed E-state index contributed by atoms with van der Waals surface area (Å²) in [6.07, 6.45) is 5.52. The fourth-order valence-corrected chi connectivity index (χ4v) is 4.44. The molecular weight excluding hydrogens is 306 g/mol. The summed E-state index contributed by atoms with van der Waals surface area (Å²) in [5.74, 6) is -2.57. The van der Waals surface area contributed by atoms with E-state index in [0.29, 0.717) is 13.0 Å². The van der Waals surface area contributed by atoms with Crippen LogP contribution < -0.4 is 0 Å². The Labute approximate surface area is 140 Å². The lowest BCUT2D eigenvalue weighted by atomic mass is 9.74. The molecule has 0 unspecified atom stereocenters. The Balaban J connectivity index is 1.73. The van der Waals surface area contributed by atoms with Crippen molar-refractivity contribution in [1.29, 1.82) is 0 Å². The second-order valence-electron chi connectivity index (χ2n) is 6.63. The molecule has 5 heteroatoms. The zero-order valence-corrected chi connectivity index (χ0v) is 13.2. The molecule has 0 radical (unpaired) electrons. The maximum atomic E-state index is 13.1.